The van der Waals surface area contributed by atoms with Crippen LogP contribution in [0.15, 0.2) is 24.4 Å². The highest BCUT2D eigenvalue weighted by molar-refractivity contribution is 8.13. The first-order chi connectivity index (χ1) is 10.0. The van der Waals surface area contributed by atoms with Crippen molar-refractivity contribution in [3.63, 3.8) is 0 Å². The number of nitrogens with one attached hydrogen (secondary N) is 1. The normalized spacial score (nSPS) is 14.0. The van der Waals surface area contributed by atoms with Crippen molar-refractivity contribution in [1.29, 1.82) is 0 Å². The Morgan fingerprint density at radius 2 is 2.19 bits per heavy atom. The maximum absolute atomic E-state index is 10.9. The van der Waals surface area contributed by atoms with Gasteiger partial charge in [0.2, 0.25) is 0 Å². The van der Waals surface area contributed by atoms with Gasteiger partial charge in [-0.15, -0.1) is 0 Å². The molecule has 2 atom stereocenters. The molecule has 0 radical (unpaired) electrons. The van der Waals surface area contributed by atoms with Gasteiger partial charge in [0.25, 0.3) is 0 Å². The third kappa shape index (κ3) is 3.72. The third-order valence-corrected chi connectivity index (χ3v) is 4.14. The molecule has 21 heavy (non-hydrogen) atoms. The molecule has 2 rings (SSSR count). The summed E-state index contributed by atoms with van der Waals surface area (Å²) in [5.41, 5.74) is 1.86. The van der Waals surface area contributed by atoms with Gasteiger partial charge >= 0.3 is 0 Å². The predicted molar refractivity (Wildman–Crippen MR) is 82.4 cm³/mol. The first kappa shape index (κ1) is 15.8. The van der Waals surface area contributed by atoms with E-state index in [1.165, 1.54) is 6.92 Å². The lowest BCUT2D eigenvalue weighted by Gasteiger charge is -2.18. The Morgan fingerprint density at radius 3 is 2.86 bits per heavy atom. The Hall–Kier alpha value is -1.63. The summed E-state index contributed by atoms with van der Waals surface area (Å²) in [5.74, 6) is 0.458. The molecule has 0 fully saturated rings. The van der Waals surface area contributed by atoms with Crippen molar-refractivity contribution in [1.82, 2.24) is 4.98 Å². The van der Waals surface area contributed by atoms with Crippen LogP contribution in [0.5, 0.6) is 0 Å². The number of hydrogen-bond acceptors (Lipinski definition) is 5. The number of benzene rings is 1. The minimum atomic E-state index is -1.05. The van der Waals surface area contributed by atoms with Crippen molar-refractivity contribution >= 4 is 34.1 Å². The molecule has 0 saturated carbocycles. The van der Waals surface area contributed by atoms with E-state index in [4.69, 9.17) is 0 Å². The zero-order chi connectivity index (χ0) is 15.4. The molecular formula is C15H17NO4S. The summed E-state index contributed by atoms with van der Waals surface area (Å²) in [5, 5.41) is 20.9. The fraction of sp³-hybridized carbons (Fsp3) is 0.333. The molecular weight excluding hydrogens is 290 g/mol. The van der Waals surface area contributed by atoms with Gasteiger partial charge in [-0.3, -0.25) is 9.59 Å². The number of aromatic nitrogens is 1. The number of H-pyrrole nitrogens is 1. The second-order valence-corrected chi connectivity index (χ2v) is 6.08. The Kier molecular flexibility index (Phi) is 5.17. The van der Waals surface area contributed by atoms with E-state index in [1.807, 2.05) is 0 Å². The lowest BCUT2D eigenvalue weighted by molar-refractivity contribution is -0.109. The highest BCUT2D eigenvalue weighted by Gasteiger charge is 2.19. The number of hydrogen-bond donors (Lipinski definition) is 3. The molecule has 6 heteroatoms. The minimum Gasteiger partial charge on any atom is -0.390 e. The SMILES string of the molecule is CC(=O)SCCC(O)C(O)c1ccc2[nH]cc(C=O)c2c1. The quantitative estimate of drug-likeness (QED) is 0.711. The number of rotatable bonds is 6. The fourth-order valence-electron chi connectivity index (χ4n) is 2.14. The summed E-state index contributed by atoms with van der Waals surface area (Å²) >= 11 is 1.12. The molecule has 0 bridgehead atoms. The molecule has 1 aromatic heterocycles. The molecule has 5 nitrogen and oxygen atoms in total. The molecule has 3 N–H and O–H groups in total. The van der Waals surface area contributed by atoms with Crippen LogP contribution in [0.1, 0.15) is 35.4 Å². The van der Waals surface area contributed by atoms with Gasteiger partial charge in [0.05, 0.1) is 6.10 Å². The van der Waals surface area contributed by atoms with Gasteiger partial charge in [0.1, 0.15) is 6.10 Å². The molecule has 0 aliphatic carbocycles. The Morgan fingerprint density at radius 1 is 1.43 bits per heavy atom. The maximum Gasteiger partial charge on any atom is 0.185 e. The number of carbonyl (C=O) groups is 2. The summed E-state index contributed by atoms with van der Waals surface area (Å²) in [6, 6.07) is 5.17. The number of carbonyl (C=O) groups excluding carboxylic acids is 2. The molecule has 0 saturated heterocycles. The standard InChI is InChI=1S/C15H17NO4S/c1-9(18)21-5-4-14(19)15(20)10-2-3-13-12(6-10)11(8-17)7-16-13/h2-3,6-8,14-16,19-20H,4-5H2,1H3. The summed E-state index contributed by atoms with van der Waals surface area (Å²) in [6.45, 7) is 1.47. The minimum absolute atomic E-state index is 0.0129. The van der Waals surface area contributed by atoms with Crippen LogP contribution < -0.4 is 0 Å². The maximum atomic E-state index is 10.9. The topological polar surface area (TPSA) is 90.4 Å². The van der Waals surface area contributed by atoms with E-state index in [0.29, 0.717) is 28.7 Å². The van der Waals surface area contributed by atoms with Gasteiger partial charge in [-0.05, 0) is 24.1 Å². The van der Waals surface area contributed by atoms with Gasteiger partial charge in [-0.1, -0.05) is 17.8 Å². The van der Waals surface area contributed by atoms with Crippen LogP contribution in [0.25, 0.3) is 10.9 Å². The van der Waals surface area contributed by atoms with E-state index in [-0.39, 0.29) is 5.12 Å². The van der Waals surface area contributed by atoms with Crippen molar-refractivity contribution in [3.05, 3.63) is 35.5 Å². The zero-order valence-corrected chi connectivity index (χ0v) is 12.4. The van der Waals surface area contributed by atoms with Crippen molar-refractivity contribution in [3.8, 4) is 0 Å². The summed E-state index contributed by atoms with van der Waals surface area (Å²) < 4.78 is 0. The predicted octanol–water partition coefficient (Wildman–Crippen LogP) is 2.04. The van der Waals surface area contributed by atoms with Gasteiger partial charge < -0.3 is 15.2 Å². The smallest absolute Gasteiger partial charge is 0.185 e. The Labute approximate surface area is 126 Å². The second-order valence-electron chi connectivity index (χ2n) is 4.81. The van der Waals surface area contributed by atoms with Crippen molar-refractivity contribution in [2.45, 2.75) is 25.6 Å². The van der Waals surface area contributed by atoms with E-state index in [2.05, 4.69) is 4.98 Å². The molecule has 0 amide bonds. The largest absolute Gasteiger partial charge is 0.390 e. The van der Waals surface area contributed by atoms with Crippen LogP contribution in [0, 0.1) is 0 Å². The van der Waals surface area contributed by atoms with Crippen LogP contribution in [0.2, 0.25) is 0 Å². The number of fused-ring (bicyclic) bond motifs is 1. The highest BCUT2D eigenvalue weighted by Crippen LogP contribution is 2.25. The highest BCUT2D eigenvalue weighted by atomic mass is 32.2. The summed E-state index contributed by atoms with van der Waals surface area (Å²) in [4.78, 5) is 24.7. The molecule has 0 aliphatic rings. The number of thioether (sulfide) groups is 1. The lowest BCUT2D eigenvalue weighted by atomic mass is 10.0. The van der Waals surface area contributed by atoms with E-state index in [9.17, 15) is 19.8 Å². The fourth-order valence-corrected chi connectivity index (χ4v) is 2.79. The van der Waals surface area contributed by atoms with Gasteiger partial charge in [0, 0.05) is 35.3 Å². The van der Waals surface area contributed by atoms with E-state index >= 15 is 0 Å². The van der Waals surface area contributed by atoms with E-state index < -0.39 is 12.2 Å². The number of aliphatic hydroxyl groups excluding tert-OH is 2. The van der Waals surface area contributed by atoms with Crippen molar-refractivity contribution in [2.24, 2.45) is 0 Å². The lowest BCUT2D eigenvalue weighted by Crippen LogP contribution is -2.19. The number of aliphatic hydroxyl groups is 2. The molecule has 1 aromatic carbocycles. The van der Waals surface area contributed by atoms with Crippen LogP contribution in [0.4, 0.5) is 0 Å². The van der Waals surface area contributed by atoms with Gasteiger partial charge in [-0.25, -0.2) is 0 Å². The first-order valence-corrected chi connectivity index (χ1v) is 7.57. The van der Waals surface area contributed by atoms with Crippen molar-refractivity contribution < 1.29 is 19.8 Å². The third-order valence-electron chi connectivity index (χ3n) is 3.29. The average molecular weight is 307 g/mol. The summed E-state index contributed by atoms with van der Waals surface area (Å²) in [6.07, 6.45) is 0.670. The summed E-state index contributed by atoms with van der Waals surface area (Å²) in [7, 11) is 0. The molecule has 2 unspecified atom stereocenters. The monoisotopic (exact) mass is 307 g/mol. The van der Waals surface area contributed by atoms with Crippen LogP contribution >= 0.6 is 11.8 Å². The van der Waals surface area contributed by atoms with Crippen LogP contribution in [-0.2, 0) is 4.79 Å². The molecule has 0 spiro atoms. The van der Waals surface area contributed by atoms with Crippen LogP contribution in [0.3, 0.4) is 0 Å². The van der Waals surface area contributed by atoms with E-state index in [0.717, 1.165) is 23.6 Å². The first-order valence-electron chi connectivity index (χ1n) is 6.58. The molecule has 1 heterocycles. The van der Waals surface area contributed by atoms with Gasteiger partial charge in [0.15, 0.2) is 11.4 Å². The van der Waals surface area contributed by atoms with Gasteiger partial charge in [-0.2, -0.15) is 0 Å². The Bertz CT molecular complexity index is 652. The molecule has 112 valence electrons. The molecule has 2 aromatic rings. The second kappa shape index (κ2) is 6.89. The zero-order valence-electron chi connectivity index (χ0n) is 11.6. The number of aldehydes is 1. The van der Waals surface area contributed by atoms with E-state index in [1.54, 1.807) is 24.4 Å². The Balaban J connectivity index is 2.12. The average Bonchev–Trinajstić information content (AvgIpc) is 2.88. The van der Waals surface area contributed by atoms with Crippen molar-refractivity contribution in [2.75, 3.05) is 5.75 Å². The van der Waals surface area contributed by atoms with Crippen LogP contribution in [-0.4, -0.2) is 38.5 Å². The number of aromatic amines is 1. The molecule has 0 aliphatic heterocycles.